The number of para-hydroxylation sites is 1. The molecule has 0 saturated heterocycles. The average Bonchev–Trinajstić information content (AvgIpc) is 3.30. The van der Waals surface area contributed by atoms with Crippen LogP contribution in [0.1, 0.15) is 18.4 Å². The Balaban J connectivity index is 2.08. The second kappa shape index (κ2) is 10.3. The molecule has 0 aliphatic carbocycles. The molecular weight excluding hydrogens is 411 g/mol. The molecule has 2 aromatic carbocycles. The Morgan fingerprint density at radius 2 is 2.06 bits per heavy atom. The van der Waals surface area contributed by atoms with E-state index in [0.29, 0.717) is 16.7 Å². The summed E-state index contributed by atoms with van der Waals surface area (Å²) in [6.07, 6.45) is 4.67. The molecular formula is C23H23FN6O2. The van der Waals surface area contributed by atoms with Crippen LogP contribution < -0.4 is 16.6 Å². The maximum absolute atomic E-state index is 14.4. The van der Waals surface area contributed by atoms with Gasteiger partial charge in [0.25, 0.3) is 5.89 Å². The predicted molar refractivity (Wildman–Crippen MR) is 122 cm³/mol. The molecule has 1 aromatic heterocycles. The summed E-state index contributed by atoms with van der Waals surface area (Å²) in [6, 6.07) is 13.0. The standard InChI is InChI=1S/C23H23FN6O2/c1-3-27-12-11-15(2)21(30(26)19-10-5-4-9-18(19)24)20(25)23-28-22(29-32-23)17-8-6-7-16(13-17)14-31/h3-13,31H,2,14,25-26H2,1H3/b12-11-,21-20-,27-3?. The number of benzene rings is 2. The zero-order valence-corrected chi connectivity index (χ0v) is 17.4. The fraction of sp³-hybridized carbons (Fsp3) is 0.0870. The molecule has 32 heavy (non-hydrogen) atoms. The lowest BCUT2D eigenvalue weighted by molar-refractivity contribution is 0.282. The number of aliphatic imine (C=N–C) groups is 1. The molecule has 0 radical (unpaired) electrons. The number of aromatic nitrogens is 2. The van der Waals surface area contributed by atoms with E-state index in [0.717, 1.165) is 5.01 Å². The van der Waals surface area contributed by atoms with E-state index in [-0.39, 0.29) is 35.4 Å². The summed E-state index contributed by atoms with van der Waals surface area (Å²) in [7, 11) is 0. The topological polar surface area (TPSA) is 127 Å². The van der Waals surface area contributed by atoms with Gasteiger partial charge < -0.3 is 15.4 Å². The number of hydrazine groups is 1. The highest BCUT2D eigenvalue weighted by Gasteiger charge is 2.22. The van der Waals surface area contributed by atoms with Crippen LogP contribution in [0.4, 0.5) is 10.1 Å². The van der Waals surface area contributed by atoms with E-state index < -0.39 is 5.82 Å². The first kappa shape index (κ1) is 22.6. The fourth-order valence-electron chi connectivity index (χ4n) is 2.88. The van der Waals surface area contributed by atoms with Gasteiger partial charge in [0.05, 0.1) is 18.0 Å². The van der Waals surface area contributed by atoms with Gasteiger partial charge in [0.15, 0.2) is 0 Å². The van der Waals surface area contributed by atoms with Crippen molar-refractivity contribution in [2.45, 2.75) is 13.5 Å². The first-order valence-corrected chi connectivity index (χ1v) is 9.63. The summed E-state index contributed by atoms with van der Waals surface area (Å²) in [6.45, 7) is 5.62. The van der Waals surface area contributed by atoms with Gasteiger partial charge in [-0.3, -0.25) is 10.0 Å². The fourth-order valence-corrected chi connectivity index (χ4v) is 2.88. The smallest absolute Gasteiger partial charge is 0.276 e. The van der Waals surface area contributed by atoms with Crippen molar-refractivity contribution >= 4 is 17.6 Å². The lowest BCUT2D eigenvalue weighted by atomic mass is 10.1. The SMILES string of the molecule is C=C(/C=C\N=CC)/C(=C(/N)c1nc(-c2cccc(CO)c2)no1)N(N)c1ccccc1F. The van der Waals surface area contributed by atoms with Crippen molar-refractivity contribution in [3.63, 3.8) is 0 Å². The monoisotopic (exact) mass is 434 g/mol. The molecule has 0 saturated carbocycles. The van der Waals surface area contributed by atoms with Crippen molar-refractivity contribution in [2.75, 3.05) is 5.01 Å². The molecule has 8 nitrogen and oxygen atoms in total. The largest absolute Gasteiger partial charge is 0.392 e. The Morgan fingerprint density at radius 3 is 2.78 bits per heavy atom. The summed E-state index contributed by atoms with van der Waals surface area (Å²) in [5.41, 5.74) is 8.27. The number of anilines is 1. The van der Waals surface area contributed by atoms with Crippen LogP contribution in [0.3, 0.4) is 0 Å². The van der Waals surface area contributed by atoms with Crippen LogP contribution in [0, 0.1) is 5.82 Å². The molecule has 164 valence electrons. The lowest BCUT2D eigenvalue weighted by Gasteiger charge is -2.24. The normalized spacial score (nSPS) is 12.4. The van der Waals surface area contributed by atoms with Crippen molar-refractivity contribution in [3.8, 4) is 11.4 Å². The highest BCUT2D eigenvalue weighted by atomic mass is 19.1. The van der Waals surface area contributed by atoms with Gasteiger partial charge in [0, 0.05) is 18.0 Å². The maximum Gasteiger partial charge on any atom is 0.276 e. The van der Waals surface area contributed by atoms with Crippen molar-refractivity contribution in [1.82, 2.24) is 10.1 Å². The van der Waals surface area contributed by atoms with Crippen molar-refractivity contribution in [1.29, 1.82) is 0 Å². The maximum atomic E-state index is 14.4. The Morgan fingerprint density at radius 1 is 1.28 bits per heavy atom. The van der Waals surface area contributed by atoms with Crippen molar-refractivity contribution in [3.05, 3.63) is 95.9 Å². The van der Waals surface area contributed by atoms with E-state index in [1.165, 1.54) is 18.3 Å². The Hall–Kier alpha value is -4.08. The highest BCUT2D eigenvalue weighted by Crippen LogP contribution is 2.28. The molecule has 1 heterocycles. The molecule has 3 aromatic rings. The summed E-state index contributed by atoms with van der Waals surface area (Å²) < 4.78 is 19.8. The van der Waals surface area contributed by atoms with Crippen LogP contribution in [0.5, 0.6) is 0 Å². The first-order valence-electron chi connectivity index (χ1n) is 9.63. The van der Waals surface area contributed by atoms with Gasteiger partial charge in [-0.2, -0.15) is 4.98 Å². The van der Waals surface area contributed by atoms with Gasteiger partial charge >= 0.3 is 0 Å². The zero-order chi connectivity index (χ0) is 23.1. The van der Waals surface area contributed by atoms with E-state index in [4.69, 9.17) is 16.1 Å². The molecule has 0 fully saturated rings. The van der Waals surface area contributed by atoms with Crippen LogP contribution >= 0.6 is 0 Å². The quantitative estimate of drug-likeness (QED) is 0.214. The van der Waals surface area contributed by atoms with Gasteiger partial charge in [0.2, 0.25) is 5.82 Å². The molecule has 0 spiro atoms. The molecule has 0 aliphatic rings. The minimum atomic E-state index is -0.546. The second-order valence-electron chi connectivity index (χ2n) is 6.61. The highest BCUT2D eigenvalue weighted by molar-refractivity contribution is 5.73. The van der Waals surface area contributed by atoms with Crippen molar-refractivity contribution < 1.29 is 14.0 Å². The van der Waals surface area contributed by atoms with E-state index in [1.807, 2.05) is 0 Å². The van der Waals surface area contributed by atoms with E-state index >= 15 is 0 Å². The molecule has 0 amide bonds. The summed E-state index contributed by atoms with van der Waals surface area (Å²) in [5.74, 6) is 5.94. The third-order valence-electron chi connectivity index (χ3n) is 4.45. The summed E-state index contributed by atoms with van der Waals surface area (Å²) >= 11 is 0. The Bertz CT molecular complexity index is 1200. The summed E-state index contributed by atoms with van der Waals surface area (Å²) in [4.78, 5) is 8.34. The predicted octanol–water partition coefficient (Wildman–Crippen LogP) is 3.54. The summed E-state index contributed by atoms with van der Waals surface area (Å²) in [5, 5.41) is 14.4. The van der Waals surface area contributed by atoms with Gasteiger partial charge in [-0.25, -0.2) is 10.2 Å². The van der Waals surface area contributed by atoms with Gasteiger partial charge in [-0.1, -0.05) is 42.1 Å². The molecule has 0 bridgehead atoms. The van der Waals surface area contributed by atoms with Gasteiger partial charge in [-0.15, -0.1) is 0 Å². The number of hydrogen-bond donors (Lipinski definition) is 3. The molecule has 0 unspecified atom stereocenters. The number of aliphatic hydroxyl groups excluding tert-OH is 1. The third-order valence-corrected chi connectivity index (χ3v) is 4.45. The van der Waals surface area contributed by atoms with E-state index in [9.17, 15) is 9.50 Å². The minimum absolute atomic E-state index is 0.00273. The van der Waals surface area contributed by atoms with E-state index in [2.05, 4.69) is 21.7 Å². The first-order chi connectivity index (χ1) is 15.5. The minimum Gasteiger partial charge on any atom is -0.392 e. The number of hydrogen-bond acceptors (Lipinski definition) is 8. The molecule has 3 rings (SSSR count). The Kier molecular flexibility index (Phi) is 7.27. The number of nitrogens with zero attached hydrogens (tertiary/aromatic N) is 4. The average molecular weight is 434 g/mol. The third kappa shape index (κ3) is 4.97. The number of allylic oxidation sites excluding steroid dienone is 1. The van der Waals surface area contributed by atoms with Gasteiger partial charge in [-0.05, 0) is 42.3 Å². The van der Waals surface area contributed by atoms with Crippen LogP contribution in [0.2, 0.25) is 0 Å². The molecule has 9 heteroatoms. The zero-order valence-electron chi connectivity index (χ0n) is 17.4. The lowest BCUT2D eigenvalue weighted by Crippen LogP contribution is -2.33. The second-order valence-corrected chi connectivity index (χ2v) is 6.61. The Labute approximate surface area is 184 Å². The van der Waals surface area contributed by atoms with Crippen LogP contribution in [-0.4, -0.2) is 21.5 Å². The molecule has 5 N–H and O–H groups in total. The number of nitrogens with two attached hydrogens (primary N) is 2. The van der Waals surface area contributed by atoms with E-state index in [1.54, 1.807) is 55.6 Å². The van der Waals surface area contributed by atoms with Crippen LogP contribution in [0.25, 0.3) is 17.1 Å². The van der Waals surface area contributed by atoms with Crippen LogP contribution in [-0.2, 0) is 6.61 Å². The number of aliphatic hydroxyl groups is 1. The van der Waals surface area contributed by atoms with Gasteiger partial charge in [0.1, 0.15) is 11.5 Å². The van der Waals surface area contributed by atoms with Crippen molar-refractivity contribution in [2.24, 2.45) is 16.6 Å². The number of rotatable bonds is 8. The van der Waals surface area contributed by atoms with Crippen LogP contribution in [0.15, 0.2) is 88.2 Å². The molecule has 0 aliphatic heterocycles. The number of halogens is 1. The molecule has 0 atom stereocenters.